The number of amides is 1. The van der Waals surface area contributed by atoms with Crippen molar-refractivity contribution in [2.45, 2.75) is 19.4 Å². The quantitative estimate of drug-likeness (QED) is 0.459. The zero-order chi connectivity index (χ0) is 19.9. The summed E-state index contributed by atoms with van der Waals surface area (Å²) in [7, 11) is 0. The first-order valence-corrected chi connectivity index (χ1v) is 9.54. The maximum atomic E-state index is 12.2. The minimum absolute atomic E-state index is 0.171. The molecule has 146 valence electrons. The number of nitrogens with one attached hydrogen (secondary N) is 1. The maximum Gasteiger partial charge on any atom is 0.273 e. The van der Waals surface area contributed by atoms with E-state index >= 15 is 0 Å². The van der Waals surface area contributed by atoms with Gasteiger partial charge in [-0.1, -0.05) is 53.7 Å². The van der Waals surface area contributed by atoms with Gasteiger partial charge in [0.25, 0.3) is 5.91 Å². The lowest BCUT2D eigenvalue weighted by atomic mass is 10.1. The molecule has 1 amide bonds. The van der Waals surface area contributed by atoms with Crippen molar-refractivity contribution in [3.05, 3.63) is 89.9 Å². The van der Waals surface area contributed by atoms with Crippen molar-refractivity contribution < 1.29 is 14.1 Å². The van der Waals surface area contributed by atoms with Gasteiger partial charge in [-0.15, -0.1) is 0 Å². The summed E-state index contributed by atoms with van der Waals surface area (Å²) in [6, 6.07) is 21.4. The third-order valence-electron chi connectivity index (χ3n) is 4.53. The highest BCUT2D eigenvalue weighted by Crippen LogP contribution is 2.23. The molecule has 0 aliphatic carbocycles. The monoisotopic (exact) mass is 387 g/mol. The van der Waals surface area contributed by atoms with Crippen molar-refractivity contribution in [2.24, 2.45) is 0 Å². The number of fused-ring (bicyclic) bond motifs is 1. The highest BCUT2D eigenvalue weighted by molar-refractivity contribution is 5.92. The van der Waals surface area contributed by atoms with Gasteiger partial charge in [0.2, 0.25) is 0 Å². The molecule has 29 heavy (non-hydrogen) atoms. The van der Waals surface area contributed by atoms with E-state index in [-0.39, 0.29) is 18.2 Å². The minimum Gasteiger partial charge on any atom is -0.483 e. The summed E-state index contributed by atoms with van der Waals surface area (Å²) >= 11 is 0. The van der Waals surface area contributed by atoms with Crippen LogP contribution in [0.5, 0.6) is 5.75 Å². The Labute approximate surface area is 168 Å². The second kappa shape index (κ2) is 9.01. The van der Waals surface area contributed by atoms with Crippen LogP contribution in [0.2, 0.25) is 0 Å². The van der Waals surface area contributed by atoms with E-state index in [0.29, 0.717) is 18.1 Å². The van der Waals surface area contributed by atoms with Gasteiger partial charge in [0, 0.05) is 24.2 Å². The number of rotatable bonds is 8. The maximum absolute atomic E-state index is 12.2. The number of carbonyl (C=O) groups excluding carboxylic acids is 1. The van der Waals surface area contributed by atoms with Crippen LogP contribution in [0, 0.1) is 0 Å². The molecule has 6 nitrogen and oxygen atoms in total. The van der Waals surface area contributed by atoms with Gasteiger partial charge in [0.05, 0.1) is 0 Å². The van der Waals surface area contributed by atoms with Crippen LogP contribution >= 0.6 is 0 Å². The van der Waals surface area contributed by atoms with Crippen LogP contribution in [-0.4, -0.2) is 22.6 Å². The Hall–Kier alpha value is -3.67. The van der Waals surface area contributed by atoms with Crippen molar-refractivity contribution in [3.63, 3.8) is 0 Å². The smallest absolute Gasteiger partial charge is 0.273 e. The van der Waals surface area contributed by atoms with Crippen molar-refractivity contribution in [3.8, 4) is 5.75 Å². The Morgan fingerprint density at radius 1 is 1.03 bits per heavy atom. The SMILES string of the molecule is O=C(NCCCc1ccccc1)c1cc(COc2cccc3cccnc23)on1. The Morgan fingerprint density at radius 2 is 1.90 bits per heavy atom. The van der Waals surface area contributed by atoms with Crippen molar-refractivity contribution in [2.75, 3.05) is 6.54 Å². The number of benzene rings is 2. The Balaban J connectivity index is 1.28. The largest absolute Gasteiger partial charge is 0.483 e. The van der Waals surface area contributed by atoms with Crippen molar-refractivity contribution in [1.29, 1.82) is 0 Å². The van der Waals surface area contributed by atoms with E-state index in [2.05, 4.69) is 27.6 Å². The van der Waals surface area contributed by atoms with Gasteiger partial charge in [0.15, 0.2) is 11.5 Å². The van der Waals surface area contributed by atoms with Gasteiger partial charge >= 0.3 is 0 Å². The van der Waals surface area contributed by atoms with Crippen molar-refractivity contribution >= 4 is 16.8 Å². The van der Waals surface area contributed by atoms with Gasteiger partial charge < -0.3 is 14.6 Å². The summed E-state index contributed by atoms with van der Waals surface area (Å²) in [4.78, 5) is 16.6. The molecule has 0 bridgehead atoms. The Morgan fingerprint density at radius 3 is 2.79 bits per heavy atom. The average molecular weight is 387 g/mol. The lowest BCUT2D eigenvalue weighted by molar-refractivity contribution is 0.0944. The lowest BCUT2D eigenvalue weighted by Crippen LogP contribution is -2.25. The molecule has 4 aromatic rings. The second-order valence-electron chi connectivity index (χ2n) is 6.64. The summed E-state index contributed by atoms with van der Waals surface area (Å²) in [5.41, 5.74) is 2.29. The second-order valence-corrected chi connectivity index (χ2v) is 6.64. The molecule has 1 N–H and O–H groups in total. The molecule has 0 fully saturated rings. The molecule has 0 aliphatic heterocycles. The molecule has 6 heteroatoms. The third-order valence-corrected chi connectivity index (χ3v) is 4.53. The molecule has 2 aromatic heterocycles. The predicted molar refractivity (Wildman–Crippen MR) is 110 cm³/mol. The summed E-state index contributed by atoms with van der Waals surface area (Å²) in [6.07, 6.45) is 3.50. The van der Waals surface area contributed by atoms with E-state index in [9.17, 15) is 4.79 Å². The topological polar surface area (TPSA) is 77.2 Å². The molecule has 2 heterocycles. The summed E-state index contributed by atoms with van der Waals surface area (Å²) < 4.78 is 11.1. The molecular formula is C23H21N3O3. The number of para-hydroxylation sites is 1. The average Bonchev–Trinajstić information content (AvgIpc) is 3.25. The molecule has 0 saturated carbocycles. The van der Waals surface area contributed by atoms with Crippen LogP contribution in [0.1, 0.15) is 28.2 Å². The van der Waals surface area contributed by atoms with Crippen LogP contribution in [0.4, 0.5) is 0 Å². The number of pyridine rings is 1. The van der Waals surface area contributed by atoms with Gasteiger partial charge in [-0.25, -0.2) is 0 Å². The number of hydrogen-bond acceptors (Lipinski definition) is 5. The Kier molecular flexibility index (Phi) is 5.81. The van der Waals surface area contributed by atoms with E-state index < -0.39 is 0 Å². The number of aromatic nitrogens is 2. The number of aryl methyl sites for hydroxylation is 1. The molecule has 0 aliphatic rings. The fourth-order valence-electron chi connectivity index (χ4n) is 3.06. The highest BCUT2D eigenvalue weighted by atomic mass is 16.5. The van der Waals surface area contributed by atoms with E-state index in [4.69, 9.17) is 9.26 Å². The van der Waals surface area contributed by atoms with Crippen LogP contribution in [0.3, 0.4) is 0 Å². The number of ether oxygens (including phenoxy) is 1. The predicted octanol–water partition coefficient (Wildman–Crippen LogP) is 4.16. The number of carbonyl (C=O) groups is 1. The van der Waals surface area contributed by atoms with Gasteiger partial charge in [-0.2, -0.15) is 0 Å². The fraction of sp³-hybridized carbons (Fsp3) is 0.174. The highest BCUT2D eigenvalue weighted by Gasteiger charge is 2.13. The zero-order valence-electron chi connectivity index (χ0n) is 15.9. The standard InChI is InChI=1S/C23H21N3O3/c27-23(25-14-5-9-17-7-2-1-3-8-17)20-15-19(29-26-20)16-28-21-12-4-10-18-11-6-13-24-22(18)21/h1-4,6-8,10-13,15H,5,9,14,16H2,(H,25,27). The van der Waals surface area contributed by atoms with Crippen LogP contribution < -0.4 is 10.1 Å². The van der Waals surface area contributed by atoms with E-state index in [1.165, 1.54) is 5.56 Å². The molecule has 0 spiro atoms. The summed E-state index contributed by atoms with van der Waals surface area (Å²) in [6.45, 7) is 0.748. The molecule has 0 saturated heterocycles. The first-order chi connectivity index (χ1) is 14.3. The first-order valence-electron chi connectivity index (χ1n) is 9.54. The molecule has 0 unspecified atom stereocenters. The number of hydrogen-bond donors (Lipinski definition) is 1. The molecule has 0 atom stereocenters. The lowest BCUT2D eigenvalue weighted by Gasteiger charge is -2.06. The van der Waals surface area contributed by atoms with Crippen molar-refractivity contribution in [1.82, 2.24) is 15.5 Å². The van der Waals surface area contributed by atoms with E-state index in [1.54, 1.807) is 12.3 Å². The van der Waals surface area contributed by atoms with Crippen LogP contribution in [0.15, 0.2) is 77.4 Å². The molecule has 4 rings (SSSR count). The third kappa shape index (κ3) is 4.79. The van der Waals surface area contributed by atoms with Crippen LogP contribution in [-0.2, 0) is 13.0 Å². The molecular weight excluding hydrogens is 366 g/mol. The normalized spacial score (nSPS) is 10.8. The first kappa shape index (κ1) is 18.7. The molecule has 0 radical (unpaired) electrons. The summed E-state index contributed by atoms with van der Waals surface area (Å²) in [5, 5.41) is 7.71. The van der Waals surface area contributed by atoms with Gasteiger partial charge in [-0.05, 0) is 30.5 Å². The summed E-state index contributed by atoms with van der Waals surface area (Å²) in [5.74, 6) is 0.888. The van der Waals surface area contributed by atoms with Gasteiger partial charge in [-0.3, -0.25) is 9.78 Å². The number of nitrogens with zero attached hydrogens (tertiary/aromatic N) is 2. The fourth-order valence-corrected chi connectivity index (χ4v) is 3.06. The Bertz CT molecular complexity index is 1090. The van der Waals surface area contributed by atoms with E-state index in [0.717, 1.165) is 23.7 Å². The van der Waals surface area contributed by atoms with E-state index in [1.807, 2.05) is 48.5 Å². The van der Waals surface area contributed by atoms with Gasteiger partial charge in [0.1, 0.15) is 17.9 Å². The zero-order valence-corrected chi connectivity index (χ0v) is 15.9. The molecule has 2 aromatic carbocycles. The van der Waals surface area contributed by atoms with Crippen LogP contribution in [0.25, 0.3) is 10.9 Å². The minimum atomic E-state index is -0.250.